The first-order valence-corrected chi connectivity index (χ1v) is 6.52. The quantitative estimate of drug-likeness (QED) is 0.637. The van der Waals surface area contributed by atoms with Gasteiger partial charge in [-0.25, -0.2) is 0 Å². The van der Waals surface area contributed by atoms with Crippen LogP contribution < -0.4 is 5.32 Å². The number of ketones is 2. The van der Waals surface area contributed by atoms with Gasteiger partial charge in [0.15, 0.2) is 0 Å². The van der Waals surface area contributed by atoms with Gasteiger partial charge >= 0.3 is 0 Å². The molecule has 1 N–H and O–H groups in total. The lowest BCUT2D eigenvalue weighted by atomic mass is 9.82. The minimum absolute atomic E-state index is 0. The van der Waals surface area contributed by atoms with Crippen molar-refractivity contribution in [1.29, 1.82) is 0 Å². The number of halogens is 1. The number of carbonyl (C=O) groups is 2. The molecular weight excluding hydrogens is 274 g/mol. The predicted octanol–water partition coefficient (Wildman–Crippen LogP) is 2.19. The van der Waals surface area contributed by atoms with Crippen LogP contribution in [0.2, 0.25) is 0 Å². The highest BCUT2D eigenvalue weighted by molar-refractivity contribution is 6.46. The lowest BCUT2D eigenvalue weighted by Crippen LogP contribution is -2.21. The van der Waals surface area contributed by atoms with Gasteiger partial charge in [0, 0.05) is 12.5 Å². The molecule has 4 heteroatoms. The van der Waals surface area contributed by atoms with Gasteiger partial charge in [-0.1, -0.05) is 30.3 Å². The van der Waals surface area contributed by atoms with Gasteiger partial charge in [0.1, 0.15) is 0 Å². The summed E-state index contributed by atoms with van der Waals surface area (Å²) in [7, 11) is 0. The molecule has 1 aromatic rings. The summed E-state index contributed by atoms with van der Waals surface area (Å²) < 4.78 is 0. The molecule has 1 heterocycles. The van der Waals surface area contributed by atoms with Gasteiger partial charge in [0.25, 0.3) is 0 Å². The van der Waals surface area contributed by atoms with E-state index < -0.39 is 11.6 Å². The monoisotopic (exact) mass is 289 g/mol. The molecule has 0 amide bonds. The maximum absolute atomic E-state index is 11.6. The number of hydrogen-bond acceptors (Lipinski definition) is 3. The Morgan fingerprint density at radius 1 is 1.00 bits per heavy atom. The number of allylic oxidation sites excluding steroid dienone is 2. The Morgan fingerprint density at radius 3 is 2.45 bits per heavy atom. The maximum Gasteiger partial charge on any atom is 0.226 e. The van der Waals surface area contributed by atoms with Crippen molar-refractivity contribution in [3.05, 3.63) is 59.2 Å². The van der Waals surface area contributed by atoms with Crippen LogP contribution in [-0.2, 0) is 9.59 Å². The number of fused-ring (bicyclic) bond motifs is 1. The number of hydrogen-bond donors (Lipinski definition) is 1. The molecule has 0 aromatic heterocycles. The molecule has 1 atom stereocenters. The van der Waals surface area contributed by atoms with Gasteiger partial charge < -0.3 is 5.32 Å². The third kappa shape index (κ3) is 2.74. The molecule has 3 nitrogen and oxygen atoms in total. The summed E-state index contributed by atoms with van der Waals surface area (Å²) in [5.74, 6) is -0.652. The summed E-state index contributed by atoms with van der Waals surface area (Å²) in [5, 5.41) is 3.38. The first-order valence-electron chi connectivity index (χ1n) is 6.52. The van der Waals surface area contributed by atoms with Gasteiger partial charge in [-0.05, 0) is 41.8 Å². The molecule has 0 radical (unpaired) electrons. The summed E-state index contributed by atoms with van der Waals surface area (Å²) in [6.45, 7) is 1.64. The molecule has 1 saturated heterocycles. The zero-order valence-corrected chi connectivity index (χ0v) is 11.8. The summed E-state index contributed by atoms with van der Waals surface area (Å²) in [6, 6.07) is 10.1. The number of rotatable bonds is 1. The fourth-order valence-electron chi connectivity index (χ4n) is 2.72. The van der Waals surface area contributed by atoms with E-state index in [1.54, 1.807) is 0 Å². The summed E-state index contributed by atoms with van der Waals surface area (Å²) in [6.07, 6.45) is 3.84. The predicted molar refractivity (Wildman–Crippen MR) is 80.1 cm³/mol. The number of benzene rings is 1. The Kier molecular flexibility index (Phi) is 4.53. The highest BCUT2D eigenvalue weighted by atomic mass is 35.5. The molecule has 1 aliphatic carbocycles. The van der Waals surface area contributed by atoms with Crippen LogP contribution in [0.3, 0.4) is 0 Å². The molecule has 20 heavy (non-hydrogen) atoms. The van der Waals surface area contributed by atoms with E-state index in [1.165, 1.54) is 17.7 Å². The van der Waals surface area contributed by atoms with Gasteiger partial charge in [-0.3, -0.25) is 9.59 Å². The van der Waals surface area contributed by atoms with Crippen molar-refractivity contribution in [2.75, 3.05) is 13.1 Å². The Morgan fingerprint density at radius 2 is 1.70 bits per heavy atom. The highest BCUT2D eigenvalue weighted by Crippen LogP contribution is 2.34. The van der Waals surface area contributed by atoms with E-state index in [0.29, 0.717) is 0 Å². The third-order valence-corrected chi connectivity index (χ3v) is 3.70. The molecule has 0 bridgehead atoms. The summed E-state index contributed by atoms with van der Waals surface area (Å²) >= 11 is 0. The molecule has 1 fully saturated rings. The number of carbonyl (C=O) groups excluding carboxylic acids is 2. The average Bonchev–Trinajstić information content (AvgIpc) is 2.63. The Hall–Kier alpha value is -1.71. The van der Waals surface area contributed by atoms with Crippen molar-refractivity contribution < 1.29 is 9.59 Å². The van der Waals surface area contributed by atoms with Gasteiger partial charge in [0.05, 0.1) is 0 Å². The van der Waals surface area contributed by atoms with Crippen LogP contribution in [0.4, 0.5) is 0 Å². The Bertz CT molecular complexity index is 590. The SMILES string of the molecule is Cl.O=C1C=C2CCNCC(c3ccccc3)C2=CC1=O. The minimum Gasteiger partial charge on any atom is -0.315 e. The molecule has 1 aliphatic heterocycles. The molecular formula is C16H16ClNO2. The zero-order valence-electron chi connectivity index (χ0n) is 11.0. The molecule has 1 aromatic carbocycles. The van der Waals surface area contributed by atoms with Crippen molar-refractivity contribution in [3.63, 3.8) is 0 Å². The Balaban J connectivity index is 0.00000147. The van der Waals surface area contributed by atoms with Gasteiger partial charge in [0.2, 0.25) is 11.6 Å². The lowest BCUT2D eigenvalue weighted by molar-refractivity contribution is -0.131. The summed E-state index contributed by atoms with van der Waals surface area (Å²) in [4.78, 5) is 23.2. The van der Waals surface area contributed by atoms with E-state index in [4.69, 9.17) is 0 Å². The Labute approximate surface area is 124 Å². The van der Waals surface area contributed by atoms with Crippen LogP contribution in [0.5, 0.6) is 0 Å². The molecule has 0 spiro atoms. The van der Waals surface area contributed by atoms with Crippen molar-refractivity contribution in [3.8, 4) is 0 Å². The van der Waals surface area contributed by atoms with Crippen molar-refractivity contribution >= 4 is 24.0 Å². The first kappa shape index (κ1) is 14.7. The second-order valence-electron chi connectivity index (χ2n) is 4.92. The largest absolute Gasteiger partial charge is 0.315 e. The topological polar surface area (TPSA) is 46.2 Å². The second kappa shape index (κ2) is 6.16. The molecule has 104 valence electrons. The van der Waals surface area contributed by atoms with Gasteiger partial charge in [-0.15, -0.1) is 12.4 Å². The van der Waals surface area contributed by atoms with Crippen LogP contribution in [0.1, 0.15) is 17.9 Å². The summed E-state index contributed by atoms with van der Waals surface area (Å²) in [5.41, 5.74) is 3.18. The average molecular weight is 290 g/mol. The molecule has 0 saturated carbocycles. The van der Waals surface area contributed by atoms with Crippen LogP contribution in [0, 0.1) is 0 Å². The standard InChI is InChI=1S/C16H15NO2.ClH/c18-15-8-12-6-7-17-10-14(13(12)9-16(15)19)11-4-2-1-3-5-11;/h1-5,8-9,14,17H,6-7,10H2;1H. The highest BCUT2D eigenvalue weighted by Gasteiger charge is 2.28. The van der Waals surface area contributed by atoms with Crippen LogP contribution in [-0.4, -0.2) is 24.7 Å². The van der Waals surface area contributed by atoms with Crippen LogP contribution >= 0.6 is 12.4 Å². The van der Waals surface area contributed by atoms with Crippen molar-refractivity contribution in [1.82, 2.24) is 5.32 Å². The smallest absolute Gasteiger partial charge is 0.226 e. The van der Waals surface area contributed by atoms with E-state index in [0.717, 1.165) is 30.7 Å². The van der Waals surface area contributed by atoms with E-state index in [9.17, 15) is 9.59 Å². The lowest BCUT2D eigenvalue weighted by Gasteiger charge is -2.21. The van der Waals surface area contributed by atoms with E-state index in [2.05, 4.69) is 17.4 Å². The molecule has 3 rings (SSSR count). The first-order chi connectivity index (χ1) is 9.25. The molecule has 2 aliphatic rings. The van der Waals surface area contributed by atoms with E-state index in [1.807, 2.05) is 18.2 Å². The maximum atomic E-state index is 11.6. The fourth-order valence-corrected chi connectivity index (χ4v) is 2.72. The second-order valence-corrected chi connectivity index (χ2v) is 4.92. The van der Waals surface area contributed by atoms with Crippen LogP contribution in [0.25, 0.3) is 0 Å². The third-order valence-electron chi connectivity index (χ3n) is 3.70. The van der Waals surface area contributed by atoms with Crippen molar-refractivity contribution in [2.24, 2.45) is 0 Å². The van der Waals surface area contributed by atoms with Gasteiger partial charge in [-0.2, -0.15) is 0 Å². The molecule has 1 unspecified atom stereocenters. The van der Waals surface area contributed by atoms with Crippen LogP contribution in [0.15, 0.2) is 53.6 Å². The van der Waals surface area contributed by atoms with E-state index >= 15 is 0 Å². The van der Waals surface area contributed by atoms with E-state index in [-0.39, 0.29) is 18.3 Å². The number of nitrogens with one attached hydrogen (secondary N) is 1. The fraction of sp³-hybridized carbons (Fsp3) is 0.250. The zero-order chi connectivity index (χ0) is 13.2. The van der Waals surface area contributed by atoms with Crippen molar-refractivity contribution in [2.45, 2.75) is 12.3 Å². The minimum atomic E-state index is -0.401. The normalized spacial score (nSPS) is 22.1.